The summed E-state index contributed by atoms with van der Waals surface area (Å²) in [5.74, 6) is -0.0878. The molecule has 0 radical (unpaired) electrons. The monoisotopic (exact) mass is 384 g/mol. The zero-order valence-electron chi connectivity index (χ0n) is 14.5. The number of halogens is 2. The van der Waals surface area contributed by atoms with Crippen LogP contribution >= 0.6 is 11.6 Å². The second kappa shape index (κ2) is 9.26. The fourth-order valence-corrected chi connectivity index (χ4v) is 2.60. The Morgan fingerprint density at radius 2 is 1.63 bits per heavy atom. The number of rotatable bonds is 7. The molecule has 4 nitrogen and oxygen atoms in total. The van der Waals surface area contributed by atoms with Gasteiger partial charge < -0.3 is 10.1 Å². The number of amides is 1. The van der Waals surface area contributed by atoms with Crippen LogP contribution < -0.4 is 5.32 Å². The normalized spacial score (nSPS) is 10.6. The topological polar surface area (TPSA) is 51.2 Å². The van der Waals surface area contributed by atoms with Crippen molar-refractivity contribution < 1.29 is 13.9 Å². The summed E-state index contributed by atoms with van der Waals surface area (Å²) >= 11 is 5.86. The van der Waals surface area contributed by atoms with Gasteiger partial charge >= 0.3 is 0 Å². The molecule has 1 N–H and O–H groups in total. The van der Waals surface area contributed by atoms with Crippen molar-refractivity contribution in [2.24, 2.45) is 0 Å². The van der Waals surface area contributed by atoms with Crippen LogP contribution in [-0.2, 0) is 29.2 Å². The zero-order valence-corrected chi connectivity index (χ0v) is 15.2. The molecular formula is C21H18ClFN2O2. The van der Waals surface area contributed by atoms with E-state index in [4.69, 9.17) is 16.3 Å². The van der Waals surface area contributed by atoms with Crippen LogP contribution in [0.3, 0.4) is 0 Å². The first kappa shape index (κ1) is 19.0. The quantitative estimate of drug-likeness (QED) is 0.638. The van der Waals surface area contributed by atoms with E-state index in [0.717, 1.165) is 16.7 Å². The average Bonchev–Trinajstić information content (AvgIpc) is 2.65. The van der Waals surface area contributed by atoms with Crippen molar-refractivity contribution in [3.05, 3.63) is 94.4 Å². The highest BCUT2D eigenvalue weighted by Gasteiger charge is 2.06. The van der Waals surface area contributed by atoms with Crippen LogP contribution in [0.25, 0.3) is 0 Å². The molecule has 0 fully saturated rings. The van der Waals surface area contributed by atoms with Crippen molar-refractivity contribution in [1.29, 1.82) is 0 Å². The molecule has 2 aromatic carbocycles. The lowest BCUT2D eigenvalue weighted by Crippen LogP contribution is -2.15. The lowest BCUT2D eigenvalue weighted by molar-refractivity contribution is -0.115. The zero-order chi connectivity index (χ0) is 19.1. The minimum atomic E-state index is -0.327. The molecule has 0 spiro atoms. The summed E-state index contributed by atoms with van der Waals surface area (Å²) in [6.07, 6.45) is 1.77. The number of anilines is 1. The predicted molar refractivity (Wildman–Crippen MR) is 103 cm³/mol. The first-order chi connectivity index (χ1) is 13.1. The summed E-state index contributed by atoms with van der Waals surface area (Å²) in [5, 5.41) is 3.43. The van der Waals surface area contributed by atoms with Crippen LogP contribution in [0.1, 0.15) is 16.7 Å². The van der Waals surface area contributed by atoms with E-state index in [1.165, 1.54) is 12.1 Å². The molecule has 0 aliphatic carbocycles. The maximum absolute atomic E-state index is 12.9. The number of pyridine rings is 1. The lowest BCUT2D eigenvalue weighted by Gasteiger charge is -2.08. The first-order valence-corrected chi connectivity index (χ1v) is 8.78. The third-order valence-corrected chi connectivity index (χ3v) is 4.07. The number of carbonyl (C=O) groups excluding carboxylic acids is 1. The van der Waals surface area contributed by atoms with Crippen molar-refractivity contribution in [1.82, 2.24) is 4.98 Å². The second-order valence-electron chi connectivity index (χ2n) is 6.02. The molecular weight excluding hydrogens is 367 g/mol. The van der Waals surface area contributed by atoms with Crippen LogP contribution in [0.2, 0.25) is 5.02 Å². The fraction of sp³-hybridized carbons (Fsp3) is 0.143. The maximum Gasteiger partial charge on any atom is 0.229 e. The smallest absolute Gasteiger partial charge is 0.229 e. The number of hydrogen-bond donors (Lipinski definition) is 1. The third-order valence-electron chi connectivity index (χ3n) is 3.82. The van der Waals surface area contributed by atoms with Gasteiger partial charge in [-0.15, -0.1) is 0 Å². The van der Waals surface area contributed by atoms with Crippen molar-refractivity contribution in [2.75, 3.05) is 5.32 Å². The third kappa shape index (κ3) is 6.16. The molecule has 0 saturated carbocycles. The minimum absolute atomic E-state index is 0.152. The molecule has 3 aromatic rings. The van der Waals surface area contributed by atoms with E-state index in [2.05, 4.69) is 10.3 Å². The molecule has 138 valence electrons. The highest BCUT2D eigenvalue weighted by Crippen LogP contribution is 2.13. The second-order valence-corrected chi connectivity index (χ2v) is 6.46. The summed E-state index contributed by atoms with van der Waals surface area (Å²) in [7, 11) is 0. The van der Waals surface area contributed by atoms with E-state index in [1.54, 1.807) is 24.4 Å². The summed E-state index contributed by atoms with van der Waals surface area (Å²) in [4.78, 5) is 16.3. The summed E-state index contributed by atoms with van der Waals surface area (Å²) in [6, 6.07) is 16.9. The Balaban J connectivity index is 1.51. The number of nitrogens with one attached hydrogen (secondary N) is 1. The molecule has 27 heavy (non-hydrogen) atoms. The molecule has 6 heteroatoms. The van der Waals surface area contributed by atoms with Crippen molar-refractivity contribution in [3.63, 3.8) is 0 Å². The van der Waals surface area contributed by atoms with Crippen LogP contribution in [0.5, 0.6) is 0 Å². The Hall–Kier alpha value is -2.76. The van der Waals surface area contributed by atoms with E-state index in [9.17, 15) is 9.18 Å². The molecule has 0 atom stereocenters. The number of benzene rings is 2. The van der Waals surface area contributed by atoms with Gasteiger partial charge in [0.1, 0.15) is 11.6 Å². The van der Waals surface area contributed by atoms with Gasteiger partial charge in [-0.1, -0.05) is 35.9 Å². The highest BCUT2D eigenvalue weighted by molar-refractivity contribution is 6.30. The van der Waals surface area contributed by atoms with Crippen LogP contribution in [0.15, 0.2) is 66.9 Å². The molecule has 0 aliphatic heterocycles. The van der Waals surface area contributed by atoms with E-state index in [1.807, 2.05) is 30.3 Å². The maximum atomic E-state index is 12.9. The standard InChI is InChI=1S/C21H18ClFN2O2/c22-18-5-1-16(2-6-18)13-27-14-17-9-10-24-20(11-17)25-21(26)12-15-3-7-19(23)8-4-15/h1-11H,12-14H2,(H,24,25,26). The van der Waals surface area contributed by atoms with Crippen molar-refractivity contribution >= 4 is 23.3 Å². The first-order valence-electron chi connectivity index (χ1n) is 8.40. The number of carbonyl (C=O) groups is 1. The number of ether oxygens (including phenoxy) is 1. The number of aromatic nitrogens is 1. The number of nitrogens with zero attached hydrogens (tertiary/aromatic N) is 1. The molecule has 3 rings (SSSR count). The lowest BCUT2D eigenvalue weighted by atomic mass is 10.1. The molecule has 0 saturated heterocycles. The summed E-state index contributed by atoms with van der Waals surface area (Å²) < 4.78 is 18.6. The average molecular weight is 385 g/mol. The Morgan fingerprint density at radius 3 is 2.37 bits per heavy atom. The minimum Gasteiger partial charge on any atom is -0.372 e. The molecule has 1 aromatic heterocycles. The fourth-order valence-electron chi connectivity index (χ4n) is 2.47. The predicted octanol–water partition coefficient (Wildman–Crippen LogP) is 4.77. The van der Waals surface area contributed by atoms with Crippen LogP contribution in [0, 0.1) is 5.82 Å². The van der Waals surface area contributed by atoms with Gasteiger partial charge in [-0.05, 0) is 53.1 Å². The largest absolute Gasteiger partial charge is 0.372 e. The highest BCUT2D eigenvalue weighted by atomic mass is 35.5. The van der Waals surface area contributed by atoms with Gasteiger partial charge in [-0.2, -0.15) is 0 Å². The molecule has 0 bridgehead atoms. The SMILES string of the molecule is O=C(Cc1ccc(F)cc1)Nc1cc(COCc2ccc(Cl)cc2)ccn1. The van der Waals surface area contributed by atoms with Gasteiger partial charge in [0, 0.05) is 11.2 Å². The Kier molecular flexibility index (Phi) is 6.52. The van der Waals surface area contributed by atoms with E-state index in [0.29, 0.717) is 24.1 Å². The van der Waals surface area contributed by atoms with Gasteiger partial charge in [0.05, 0.1) is 19.6 Å². The molecule has 1 amide bonds. The Labute approximate surface area is 162 Å². The van der Waals surface area contributed by atoms with E-state index in [-0.39, 0.29) is 18.1 Å². The van der Waals surface area contributed by atoms with Crippen LogP contribution in [0.4, 0.5) is 10.2 Å². The molecule has 1 heterocycles. The van der Waals surface area contributed by atoms with Gasteiger partial charge in [-0.3, -0.25) is 4.79 Å². The Morgan fingerprint density at radius 1 is 0.963 bits per heavy atom. The van der Waals surface area contributed by atoms with Gasteiger partial charge in [0.2, 0.25) is 5.91 Å². The van der Waals surface area contributed by atoms with Crippen molar-refractivity contribution in [3.8, 4) is 0 Å². The van der Waals surface area contributed by atoms with E-state index < -0.39 is 0 Å². The Bertz CT molecular complexity index is 899. The number of hydrogen-bond acceptors (Lipinski definition) is 3. The van der Waals surface area contributed by atoms with Gasteiger partial charge in [0.15, 0.2) is 0 Å². The van der Waals surface area contributed by atoms with Crippen LogP contribution in [-0.4, -0.2) is 10.9 Å². The summed E-state index contributed by atoms with van der Waals surface area (Å²) in [6.45, 7) is 0.859. The van der Waals surface area contributed by atoms with Gasteiger partial charge in [-0.25, -0.2) is 9.37 Å². The van der Waals surface area contributed by atoms with E-state index >= 15 is 0 Å². The van der Waals surface area contributed by atoms with Crippen molar-refractivity contribution in [2.45, 2.75) is 19.6 Å². The summed E-state index contributed by atoms with van der Waals surface area (Å²) in [5.41, 5.74) is 2.66. The molecule has 0 unspecified atom stereocenters. The van der Waals surface area contributed by atoms with Gasteiger partial charge in [0.25, 0.3) is 0 Å². The molecule has 0 aliphatic rings.